The van der Waals surface area contributed by atoms with E-state index in [1.54, 1.807) is 0 Å². The quantitative estimate of drug-likeness (QED) is 0.664. The van der Waals surface area contributed by atoms with Gasteiger partial charge in [-0.15, -0.1) is 0 Å². The molecule has 2 aromatic carbocycles. The third-order valence-electron chi connectivity index (χ3n) is 6.72. The van der Waals surface area contributed by atoms with E-state index in [1.165, 1.54) is 5.69 Å². The van der Waals surface area contributed by atoms with Crippen molar-refractivity contribution in [2.45, 2.75) is 37.5 Å². The number of nitrogens with zero attached hydrogens (tertiary/aromatic N) is 2. The van der Waals surface area contributed by atoms with Crippen LogP contribution in [-0.2, 0) is 10.2 Å². The van der Waals surface area contributed by atoms with Gasteiger partial charge in [-0.2, -0.15) is 0 Å². The zero-order valence-corrected chi connectivity index (χ0v) is 18.4. The minimum absolute atomic E-state index is 0.191. The number of halogens is 1. The highest BCUT2D eigenvalue weighted by Crippen LogP contribution is 2.41. The van der Waals surface area contributed by atoms with Crippen molar-refractivity contribution in [2.24, 2.45) is 0 Å². The Balaban J connectivity index is 1.22. The molecule has 1 saturated carbocycles. The predicted octanol–water partition coefficient (Wildman–Crippen LogP) is 4.48. The van der Waals surface area contributed by atoms with Crippen LogP contribution in [0.25, 0.3) is 0 Å². The Kier molecular flexibility index (Phi) is 6.96. The minimum Gasteiger partial charge on any atom is -0.369 e. The summed E-state index contributed by atoms with van der Waals surface area (Å²) in [6.45, 7) is 6.07. The van der Waals surface area contributed by atoms with Gasteiger partial charge in [-0.05, 0) is 55.6 Å². The van der Waals surface area contributed by atoms with Gasteiger partial charge in [0.15, 0.2) is 0 Å². The first kappa shape index (κ1) is 21.2. The predicted molar refractivity (Wildman–Crippen MR) is 124 cm³/mol. The van der Waals surface area contributed by atoms with E-state index in [2.05, 4.69) is 45.4 Å². The highest BCUT2D eigenvalue weighted by Gasteiger charge is 2.42. The summed E-state index contributed by atoms with van der Waals surface area (Å²) in [6.07, 6.45) is 5.08. The number of hydrogen-bond acceptors (Lipinski definition) is 3. The monoisotopic (exact) mass is 425 g/mol. The number of piperazine rings is 1. The molecule has 2 fully saturated rings. The van der Waals surface area contributed by atoms with Gasteiger partial charge in [0, 0.05) is 43.4 Å². The summed E-state index contributed by atoms with van der Waals surface area (Å²) in [7, 11) is 0. The second kappa shape index (κ2) is 9.84. The average molecular weight is 426 g/mol. The largest absolute Gasteiger partial charge is 0.369 e. The molecule has 0 bridgehead atoms. The Morgan fingerprint density at radius 1 is 0.933 bits per heavy atom. The SMILES string of the molecule is O=C(NCCCN1CCN(c2ccccc2)CC1)C1(c2ccc(Cl)cc2)CCCC1. The fraction of sp³-hybridized carbons (Fsp3) is 0.480. The van der Waals surface area contributed by atoms with Gasteiger partial charge in [0.05, 0.1) is 5.41 Å². The van der Waals surface area contributed by atoms with Gasteiger partial charge in [0.25, 0.3) is 0 Å². The summed E-state index contributed by atoms with van der Waals surface area (Å²) in [5, 5.41) is 3.97. The van der Waals surface area contributed by atoms with Crippen LogP contribution in [0.15, 0.2) is 54.6 Å². The van der Waals surface area contributed by atoms with Crippen molar-refractivity contribution in [3.05, 3.63) is 65.2 Å². The molecule has 0 aromatic heterocycles. The van der Waals surface area contributed by atoms with Crippen LogP contribution in [0.5, 0.6) is 0 Å². The highest BCUT2D eigenvalue weighted by atomic mass is 35.5. The summed E-state index contributed by atoms with van der Waals surface area (Å²) in [6, 6.07) is 18.5. The maximum atomic E-state index is 13.1. The van der Waals surface area contributed by atoms with Crippen molar-refractivity contribution in [3.8, 4) is 0 Å². The molecule has 0 unspecified atom stereocenters. The van der Waals surface area contributed by atoms with Gasteiger partial charge in [-0.3, -0.25) is 9.69 Å². The summed E-state index contributed by atoms with van der Waals surface area (Å²) in [5.41, 5.74) is 2.05. The van der Waals surface area contributed by atoms with E-state index in [9.17, 15) is 4.79 Å². The summed E-state index contributed by atoms with van der Waals surface area (Å²) in [4.78, 5) is 18.1. The van der Waals surface area contributed by atoms with Crippen molar-refractivity contribution < 1.29 is 4.79 Å². The normalized spacial score (nSPS) is 19.0. The number of nitrogens with one attached hydrogen (secondary N) is 1. The summed E-state index contributed by atoms with van der Waals surface area (Å²) in [5.74, 6) is 0.191. The fourth-order valence-electron chi connectivity index (χ4n) is 4.94. The van der Waals surface area contributed by atoms with Crippen molar-refractivity contribution in [1.29, 1.82) is 0 Å². The van der Waals surface area contributed by atoms with E-state index < -0.39 is 0 Å². The van der Waals surface area contributed by atoms with E-state index in [-0.39, 0.29) is 11.3 Å². The Bertz CT molecular complexity index is 810. The number of carbonyl (C=O) groups is 1. The first-order chi connectivity index (χ1) is 14.7. The molecule has 30 heavy (non-hydrogen) atoms. The number of carbonyl (C=O) groups excluding carboxylic acids is 1. The molecule has 2 aromatic rings. The lowest BCUT2D eigenvalue weighted by atomic mass is 9.78. The molecule has 1 amide bonds. The fourth-order valence-corrected chi connectivity index (χ4v) is 5.06. The zero-order valence-electron chi connectivity index (χ0n) is 17.7. The van der Waals surface area contributed by atoms with Crippen LogP contribution in [0, 0.1) is 0 Å². The first-order valence-corrected chi connectivity index (χ1v) is 11.6. The molecule has 1 aliphatic heterocycles. The van der Waals surface area contributed by atoms with Crippen LogP contribution in [0.4, 0.5) is 5.69 Å². The molecule has 4 nitrogen and oxygen atoms in total. The van der Waals surface area contributed by atoms with E-state index in [4.69, 9.17) is 11.6 Å². The van der Waals surface area contributed by atoms with Gasteiger partial charge in [-0.1, -0.05) is 54.8 Å². The molecule has 160 valence electrons. The molecule has 0 spiro atoms. The van der Waals surface area contributed by atoms with E-state index >= 15 is 0 Å². The molecule has 0 atom stereocenters. The molecular formula is C25H32ClN3O. The van der Waals surface area contributed by atoms with Crippen molar-refractivity contribution in [1.82, 2.24) is 10.2 Å². The van der Waals surface area contributed by atoms with Crippen LogP contribution in [0.2, 0.25) is 5.02 Å². The second-order valence-corrected chi connectivity index (χ2v) is 9.01. The van der Waals surface area contributed by atoms with Gasteiger partial charge >= 0.3 is 0 Å². The lowest BCUT2D eigenvalue weighted by molar-refractivity contribution is -0.126. The maximum absolute atomic E-state index is 13.1. The lowest BCUT2D eigenvalue weighted by Gasteiger charge is -2.36. The van der Waals surface area contributed by atoms with E-state index in [0.29, 0.717) is 0 Å². The van der Waals surface area contributed by atoms with Gasteiger partial charge < -0.3 is 10.2 Å². The van der Waals surface area contributed by atoms with Crippen LogP contribution >= 0.6 is 11.6 Å². The average Bonchev–Trinajstić information content (AvgIpc) is 3.29. The number of amides is 1. The van der Waals surface area contributed by atoms with Gasteiger partial charge in [0.1, 0.15) is 0 Å². The summed E-state index contributed by atoms with van der Waals surface area (Å²) >= 11 is 6.06. The van der Waals surface area contributed by atoms with Gasteiger partial charge in [-0.25, -0.2) is 0 Å². The van der Waals surface area contributed by atoms with Crippen LogP contribution in [0.3, 0.4) is 0 Å². The molecule has 2 aliphatic rings. The maximum Gasteiger partial charge on any atom is 0.230 e. The molecule has 5 heteroatoms. The Morgan fingerprint density at radius 3 is 2.27 bits per heavy atom. The third kappa shape index (κ3) is 4.81. The van der Waals surface area contributed by atoms with Gasteiger partial charge in [0.2, 0.25) is 5.91 Å². The molecule has 4 rings (SSSR count). The first-order valence-electron chi connectivity index (χ1n) is 11.2. The zero-order chi connectivity index (χ0) is 20.8. The number of anilines is 1. The molecular weight excluding hydrogens is 394 g/mol. The summed E-state index contributed by atoms with van der Waals surface area (Å²) < 4.78 is 0. The van der Waals surface area contributed by atoms with Crippen molar-refractivity contribution in [2.75, 3.05) is 44.2 Å². The van der Waals surface area contributed by atoms with Crippen molar-refractivity contribution in [3.63, 3.8) is 0 Å². The lowest BCUT2D eigenvalue weighted by Crippen LogP contribution is -2.47. The van der Waals surface area contributed by atoms with Crippen LogP contribution in [0.1, 0.15) is 37.7 Å². The smallest absolute Gasteiger partial charge is 0.230 e. The molecule has 1 heterocycles. The number of rotatable bonds is 7. The number of benzene rings is 2. The Labute approximate surface area is 185 Å². The van der Waals surface area contributed by atoms with E-state index in [0.717, 1.165) is 82.0 Å². The second-order valence-electron chi connectivity index (χ2n) is 8.57. The number of hydrogen-bond donors (Lipinski definition) is 1. The van der Waals surface area contributed by atoms with Crippen LogP contribution in [-0.4, -0.2) is 50.1 Å². The Morgan fingerprint density at radius 2 is 1.60 bits per heavy atom. The molecule has 1 saturated heterocycles. The topological polar surface area (TPSA) is 35.6 Å². The standard InChI is InChI=1S/C25H32ClN3O/c26-22-11-9-21(10-12-22)25(13-4-5-14-25)24(30)27-15-6-16-28-17-19-29(20-18-28)23-7-2-1-3-8-23/h1-3,7-12H,4-6,13-20H2,(H,27,30). The molecule has 1 aliphatic carbocycles. The molecule has 1 N–H and O–H groups in total. The molecule has 0 radical (unpaired) electrons. The van der Waals surface area contributed by atoms with E-state index in [1.807, 2.05) is 24.3 Å². The van der Waals surface area contributed by atoms with Crippen molar-refractivity contribution >= 4 is 23.2 Å². The highest BCUT2D eigenvalue weighted by molar-refractivity contribution is 6.30. The third-order valence-corrected chi connectivity index (χ3v) is 6.97. The minimum atomic E-state index is -0.369. The Hall–Kier alpha value is -2.04. The van der Waals surface area contributed by atoms with Crippen LogP contribution < -0.4 is 10.2 Å². The number of para-hydroxylation sites is 1.